The zero-order chi connectivity index (χ0) is 27.6. The Morgan fingerprint density at radius 2 is 1.03 bits per heavy atom. The predicted molar refractivity (Wildman–Crippen MR) is 145 cm³/mol. The number of nitrogens with one attached hydrogen (secondary N) is 4. The molecule has 3 aromatic rings. The minimum absolute atomic E-state index is 0.163. The van der Waals surface area contributed by atoms with Crippen LogP contribution in [0.3, 0.4) is 0 Å². The van der Waals surface area contributed by atoms with Crippen LogP contribution in [-0.4, -0.2) is 46.7 Å². The first-order chi connectivity index (χ1) is 18.9. The molecular formula is C29H32N6O4. The van der Waals surface area contributed by atoms with Gasteiger partial charge in [-0.1, -0.05) is 49.7 Å². The summed E-state index contributed by atoms with van der Waals surface area (Å²) in [5, 5.41) is 11.4. The van der Waals surface area contributed by atoms with Crippen molar-refractivity contribution in [2.24, 2.45) is 5.92 Å². The molecule has 1 atom stereocenters. The van der Waals surface area contributed by atoms with E-state index in [2.05, 4.69) is 31.2 Å². The lowest BCUT2D eigenvalue weighted by atomic mass is 10.0. The average Bonchev–Trinajstić information content (AvgIpc) is 2.97. The van der Waals surface area contributed by atoms with Crippen molar-refractivity contribution < 1.29 is 19.2 Å². The summed E-state index contributed by atoms with van der Waals surface area (Å²) >= 11 is 0. The molecule has 4 N–H and O–H groups in total. The second kappa shape index (κ2) is 13.3. The number of fused-ring (bicyclic) bond motifs is 15. The summed E-state index contributed by atoms with van der Waals surface area (Å²) < 4.78 is 0. The lowest BCUT2D eigenvalue weighted by molar-refractivity contribution is 0.0923. The summed E-state index contributed by atoms with van der Waals surface area (Å²) in [4.78, 5) is 58.9. The van der Waals surface area contributed by atoms with Crippen LogP contribution in [0, 0.1) is 5.92 Å². The first-order valence-corrected chi connectivity index (χ1v) is 13.0. The first kappa shape index (κ1) is 27.4. The van der Waals surface area contributed by atoms with E-state index in [1.807, 2.05) is 31.2 Å². The molecule has 5 rings (SSSR count). The minimum atomic E-state index is -0.377. The van der Waals surface area contributed by atoms with Crippen LogP contribution in [-0.2, 0) is 13.1 Å². The third-order valence-corrected chi connectivity index (χ3v) is 6.38. The predicted octanol–water partition coefficient (Wildman–Crippen LogP) is 2.62. The highest BCUT2D eigenvalue weighted by Crippen LogP contribution is 2.09. The lowest BCUT2D eigenvalue weighted by Crippen LogP contribution is -2.30. The molecule has 202 valence electrons. The highest BCUT2D eigenvalue weighted by molar-refractivity contribution is 5.97. The molecule has 2 aliphatic rings. The summed E-state index contributed by atoms with van der Waals surface area (Å²) in [5.74, 6) is -1.19. The van der Waals surface area contributed by atoms with E-state index in [1.165, 1.54) is 0 Å². The number of nitrogens with zero attached hydrogens (tertiary/aromatic N) is 2. The zero-order valence-electron chi connectivity index (χ0n) is 21.8. The number of rotatable bonds is 0. The van der Waals surface area contributed by atoms with Crippen LogP contribution in [0.25, 0.3) is 0 Å². The molecule has 10 heteroatoms. The van der Waals surface area contributed by atoms with Crippen LogP contribution in [0.1, 0.15) is 79.3 Å². The van der Waals surface area contributed by atoms with Crippen LogP contribution >= 0.6 is 0 Å². The van der Waals surface area contributed by atoms with Crippen molar-refractivity contribution in [2.75, 3.05) is 13.1 Å². The fourth-order valence-electron chi connectivity index (χ4n) is 4.07. The van der Waals surface area contributed by atoms with Crippen LogP contribution in [0.5, 0.6) is 0 Å². The summed E-state index contributed by atoms with van der Waals surface area (Å²) in [5.41, 5.74) is 2.42. The van der Waals surface area contributed by atoms with E-state index in [-0.39, 0.29) is 65.4 Å². The van der Waals surface area contributed by atoms with Crippen LogP contribution < -0.4 is 21.3 Å². The van der Waals surface area contributed by atoms with Crippen molar-refractivity contribution in [3.8, 4) is 0 Å². The van der Waals surface area contributed by atoms with Gasteiger partial charge in [0.2, 0.25) is 0 Å². The molecule has 4 heterocycles. The van der Waals surface area contributed by atoms with Crippen LogP contribution in [0.2, 0.25) is 0 Å². The second-order valence-corrected chi connectivity index (χ2v) is 9.56. The minimum Gasteiger partial charge on any atom is -0.351 e. The average molecular weight is 529 g/mol. The number of amides is 4. The Kier molecular flexibility index (Phi) is 9.34. The van der Waals surface area contributed by atoms with Gasteiger partial charge in [-0.05, 0) is 54.2 Å². The van der Waals surface area contributed by atoms with Gasteiger partial charge in [-0.3, -0.25) is 19.2 Å². The fraction of sp³-hybridized carbons (Fsp3) is 0.310. The highest BCUT2D eigenvalue weighted by Gasteiger charge is 2.15. The molecule has 0 saturated heterocycles. The molecular weight excluding hydrogens is 496 g/mol. The van der Waals surface area contributed by atoms with Gasteiger partial charge < -0.3 is 21.3 Å². The molecule has 0 fully saturated rings. The van der Waals surface area contributed by atoms with Crippen molar-refractivity contribution in [3.63, 3.8) is 0 Å². The van der Waals surface area contributed by atoms with E-state index in [0.29, 0.717) is 13.1 Å². The summed E-state index contributed by atoms with van der Waals surface area (Å²) in [7, 11) is 0. The smallest absolute Gasteiger partial charge is 0.270 e. The lowest BCUT2D eigenvalue weighted by Gasteiger charge is -2.13. The molecule has 10 nitrogen and oxygen atoms in total. The van der Waals surface area contributed by atoms with Crippen LogP contribution in [0.15, 0.2) is 60.7 Å². The van der Waals surface area contributed by atoms with Crippen molar-refractivity contribution >= 4 is 23.6 Å². The Morgan fingerprint density at radius 3 is 1.51 bits per heavy atom. The molecule has 0 aliphatic carbocycles. The van der Waals surface area contributed by atoms with Crippen molar-refractivity contribution in [1.29, 1.82) is 0 Å². The van der Waals surface area contributed by atoms with Crippen molar-refractivity contribution in [3.05, 3.63) is 94.6 Å². The largest absolute Gasteiger partial charge is 0.351 e. The Bertz CT molecular complexity index is 1340. The van der Waals surface area contributed by atoms with Crippen molar-refractivity contribution in [2.45, 2.75) is 39.3 Å². The number of hydrogen-bond acceptors (Lipinski definition) is 6. The Labute approximate surface area is 227 Å². The molecule has 0 spiro atoms. The molecule has 6 bridgehead atoms. The number of aromatic nitrogens is 2. The van der Waals surface area contributed by atoms with Gasteiger partial charge in [-0.25, -0.2) is 9.97 Å². The van der Waals surface area contributed by atoms with E-state index in [9.17, 15) is 19.2 Å². The molecule has 0 saturated carbocycles. The van der Waals surface area contributed by atoms with E-state index in [4.69, 9.17) is 0 Å². The number of carbonyl (C=O) groups excluding carboxylic acids is 4. The zero-order valence-corrected chi connectivity index (χ0v) is 21.8. The molecule has 2 aliphatic heterocycles. The number of carbonyl (C=O) groups is 4. The summed E-state index contributed by atoms with van der Waals surface area (Å²) in [6, 6.07) is 17.0. The second-order valence-electron chi connectivity index (χ2n) is 9.56. The topological polar surface area (TPSA) is 142 Å². The van der Waals surface area contributed by atoms with Gasteiger partial charge in [0.15, 0.2) is 0 Å². The van der Waals surface area contributed by atoms with Gasteiger partial charge in [0.25, 0.3) is 23.6 Å². The molecule has 4 amide bonds. The van der Waals surface area contributed by atoms with Gasteiger partial charge in [-0.2, -0.15) is 0 Å². The normalized spacial score (nSPS) is 17.9. The van der Waals surface area contributed by atoms with Gasteiger partial charge in [0.1, 0.15) is 22.8 Å². The Balaban J connectivity index is 1.47. The Hall–Kier alpha value is -4.60. The maximum atomic E-state index is 12.6. The van der Waals surface area contributed by atoms with E-state index >= 15 is 0 Å². The quantitative estimate of drug-likeness (QED) is 0.353. The number of hydrogen-bond donors (Lipinski definition) is 4. The van der Waals surface area contributed by atoms with Crippen LogP contribution in [0.4, 0.5) is 0 Å². The third-order valence-electron chi connectivity index (χ3n) is 6.38. The summed E-state index contributed by atoms with van der Waals surface area (Å²) in [6.07, 6.45) is 2.49. The SMILES string of the molecule is CC1CCCCNC(=O)c2cccc(n2)C(=O)NCc2ccc(cc2)CNC(=O)c2cccc(n2)C(=O)NC1. The highest BCUT2D eigenvalue weighted by atomic mass is 16.2. The fourth-order valence-corrected chi connectivity index (χ4v) is 4.07. The van der Waals surface area contributed by atoms with Gasteiger partial charge >= 0.3 is 0 Å². The van der Waals surface area contributed by atoms with Crippen molar-refractivity contribution in [1.82, 2.24) is 31.2 Å². The van der Waals surface area contributed by atoms with E-state index in [1.54, 1.807) is 36.4 Å². The third kappa shape index (κ3) is 7.94. The standard InChI is InChI=1S/C29H32N6O4/c1-19-6-2-3-15-30-26(36)22-7-4-9-24(34-22)28(38)32-17-20-11-13-21(14-12-20)18-33-29(39)25-10-5-8-23(35-25)27(37)31-16-19/h4-5,7-14,19H,2-3,6,15-18H2,1H3,(H,30,36)(H,31,37)(H,32,38)(H,33,39). The Morgan fingerprint density at radius 1 is 0.590 bits per heavy atom. The first-order valence-electron chi connectivity index (χ1n) is 13.0. The van der Waals surface area contributed by atoms with Gasteiger partial charge in [0, 0.05) is 26.2 Å². The molecule has 1 unspecified atom stereocenters. The molecule has 2 aromatic heterocycles. The maximum Gasteiger partial charge on any atom is 0.270 e. The molecule has 39 heavy (non-hydrogen) atoms. The van der Waals surface area contributed by atoms with E-state index in [0.717, 1.165) is 30.4 Å². The molecule has 0 radical (unpaired) electrons. The van der Waals surface area contributed by atoms with Gasteiger partial charge in [0.05, 0.1) is 0 Å². The number of benzene rings is 1. The monoisotopic (exact) mass is 528 g/mol. The van der Waals surface area contributed by atoms with Gasteiger partial charge in [-0.15, -0.1) is 0 Å². The summed E-state index contributed by atoms with van der Waals surface area (Å²) in [6.45, 7) is 3.54. The van der Waals surface area contributed by atoms with E-state index < -0.39 is 0 Å². The maximum absolute atomic E-state index is 12.6. The number of pyridine rings is 2. The molecule has 1 aromatic carbocycles.